The number of benzene rings is 1. The fourth-order valence-electron chi connectivity index (χ4n) is 3.46. The third-order valence-corrected chi connectivity index (χ3v) is 4.69. The molecule has 26 heavy (non-hydrogen) atoms. The van der Waals surface area contributed by atoms with E-state index in [9.17, 15) is 9.59 Å². The van der Waals surface area contributed by atoms with Gasteiger partial charge in [0.1, 0.15) is 6.04 Å². The van der Waals surface area contributed by atoms with Crippen LogP contribution in [0.1, 0.15) is 47.9 Å². The number of hydrogen-bond donors (Lipinski definition) is 0. The molecule has 0 aliphatic carbocycles. The van der Waals surface area contributed by atoms with Crippen molar-refractivity contribution in [3.8, 4) is 5.69 Å². The van der Waals surface area contributed by atoms with Gasteiger partial charge in [0.25, 0.3) is 5.91 Å². The molecule has 0 radical (unpaired) electrons. The van der Waals surface area contributed by atoms with Gasteiger partial charge in [-0.2, -0.15) is 5.10 Å². The summed E-state index contributed by atoms with van der Waals surface area (Å²) >= 11 is 0. The zero-order valence-electron chi connectivity index (χ0n) is 15.6. The average molecular weight is 355 g/mol. The molecule has 0 spiro atoms. The molecule has 2 aromatic rings. The predicted molar refractivity (Wildman–Crippen MR) is 98.3 cm³/mol. The van der Waals surface area contributed by atoms with Gasteiger partial charge in [-0.25, -0.2) is 9.48 Å². The summed E-state index contributed by atoms with van der Waals surface area (Å²) in [7, 11) is 0. The van der Waals surface area contributed by atoms with Gasteiger partial charge in [-0.15, -0.1) is 0 Å². The quantitative estimate of drug-likeness (QED) is 0.791. The highest BCUT2D eigenvalue weighted by Gasteiger charge is 2.33. The standard InChI is InChI=1S/C20H25N3O3/c1-4-26-20(25)18-7-5-6-12-22(18)19(24)16-8-10-17(11-9-16)23-15(3)13-14(2)21-23/h8-11,13,18H,4-7,12H2,1-3H3. The van der Waals surface area contributed by atoms with Gasteiger partial charge < -0.3 is 9.64 Å². The largest absolute Gasteiger partial charge is 0.464 e. The number of amides is 1. The average Bonchev–Trinajstić information content (AvgIpc) is 2.99. The smallest absolute Gasteiger partial charge is 0.328 e. The van der Waals surface area contributed by atoms with Crippen LogP contribution in [0, 0.1) is 13.8 Å². The fraction of sp³-hybridized carbons (Fsp3) is 0.450. The topological polar surface area (TPSA) is 64.4 Å². The van der Waals surface area contributed by atoms with Crippen LogP contribution in [0.15, 0.2) is 30.3 Å². The minimum absolute atomic E-state index is 0.123. The molecular formula is C20H25N3O3. The maximum Gasteiger partial charge on any atom is 0.328 e. The van der Waals surface area contributed by atoms with E-state index >= 15 is 0 Å². The molecule has 6 nitrogen and oxygen atoms in total. The van der Waals surface area contributed by atoms with Gasteiger partial charge in [-0.3, -0.25) is 4.79 Å². The van der Waals surface area contributed by atoms with Crippen LogP contribution in [0.3, 0.4) is 0 Å². The lowest BCUT2D eigenvalue weighted by Gasteiger charge is -2.34. The number of aromatic nitrogens is 2. The second-order valence-corrected chi connectivity index (χ2v) is 6.65. The van der Waals surface area contributed by atoms with E-state index in [2.05, 4.69) is 5.10 Å². The van der Waals surface area contributed by atoms with Crippen LogP contribution in [0.25, 0.3) is 5.69 Å². The van der Waals surface area contributed by atoms with Crippen LogP contribution in [0.5, 0.6) is 0 Å². The number of aryl methyl sites for hydroxylation is 2. The first-order chi connectivity index (χ1) is 12.5. The molecule has 1 fully saturated rings. The molecule has 0 bridgehead atoms. The molecular weight excluding hydrogens is 330 g/mol. The van der Waals surface area contributed by atoms with Crippen molar-refractivity contribution < 1.29 is 14.3 Å². The van der Waals surface area contributed by atoms with Gasteiger partial charge in [0, 0.05) is 17.8 Å². The van der Waals surface area contributed by atoms with E-state index in [0.717, 1.165) is 29.9 Å². The van der Waals surface area contributed by atoms with Crippen LogP contribution in [-0.4, -0.2) is 45.8 Å². The monoisotopic (exact) mass is 355 g/mol. The van der Waals surface area contributed by atoms with Crippen LogP contribution in [-0.2, 0) is 9.53 Å². The summed E-state index contributed by atoms with van der Waals surface area (Å²) in [6.07, 6.45) is 2.50. The molecule has 1 aromatic carbocycles. The SMILES string of the molecule is CCOC(=O)C1CCCCN1C(=O)c1ccc(-n2nc(C)cc2C)cc1. The number of hydrogen-bond acceptors (Lipinski definition) is 4. The molecule has 3 rings (SSSR count). The lowest BCUT2D eigenvalue weighted by atomic mass is 10.0. The van der Waals surface area contributed by atoms with Crippen LogP contribution < -0.4 is 0 Å². The number of carbonyl (C=O) groups excluding carboxylic acids is 2. The Morgan fingerprint density at radius 2 is 1.92 bits per heavy atom. The minimum atomic E-state index is -0.480. The van der Waals surface area contributed by atoms with Gasteiger partial charge >= 0.3 is 5.97 Å². The van der Waals surface area contributed by atoms with E-state index in [1.54, 1.807) is 24.0 Å². The second-order valence-electron chi connectivity index (χ2n) is 6.65. The van der Waals surface area contributed by atoms with Crippen molar-refractivity contribution in [3.05, 3.63) is 47.3 Å². The molecule has 1 unspecified atom stereocenters. The molecule has 1 aliphatic heterocycles. The Hall–Kier alpha value is -2.63. The first-order valence-corrected chi connectivity index (χ1v) is 9.12. The summed E-state index contributed by atoms with van der Waals surface area (Å²) in [5.74, 6) is -0.428. The third kappa shape index (κ3) is 3.64. The summed E-state index contributed by atoms with van der Waals surface area (Å²) in [6, 6.07) is 8.89. The van der Waals surface area contributed by atoms with Crippen LogP contribution >= 0.6 is 0 Å². The molecule has 1 atom stereocenters. The van der Waals surface area contributed by atoms with Crippen LogP contribution in [0.2, 0.25) is 0 Å². The van der Waals surface area contributed by atoms with Crippen molar-refractivity contribution in [2.24, 2.45) is 0 Å². The summed E-state index contributed by atoms with van der Waals surface area (Å²) in [6.45, 7) is 6.64. The van der Waals surface area contributed by atoms with Crippen molar-refractivity contribution in [1.29, 1.82) is 0 Å². The first-order valence-electron chi connectivity index (χ1n) is 9.12. The number of likely N-dealkylation sites (tertiary alicyclic amines) is 1. The second kappa shape index (κ2) is 7.72. The first kappa shape index (κ1) is 18.2. The number of carbonyl (C=O) groups is 2. The zero-order chi connectivity index (χ0) is 18.7. The van der Waals surface area contributed by atoms with E-state index in [1.165, 1.54) is 0 Å². The maximum atomic E-state index is 12.9. The fourth-order valence-corrected chi connectivity index (χ4v) is 3.46. The molecule has 1 amide bonds. The van der Waals surface area contributed by atoms with E-state index in [1.807, 2.05) is 36.7 Å². The summed E-state index contributed by atoms with van der Waals surface area (Å²) in [4.78, 5) is 26.8. The van der Waals surface area contributed by atoms with Crippen molar-refractivity contribution >= 4 is 11.9 Å². The van der Waals surface area contributed by atoms with Crippen LogP contribution in [0.4, 0.5) is 0 Å². The zero-order valence-corrected chi connectivity index (χ0v) is 15.6. The van der Waals surface area contributed by atoms with Crippen molar-refractivity contribution in [3.63, 3.8) is 0 Å². The highest BCUT2D eigenvalue weighted by Crippen LogP contribution is 2.22. The van der Waals surface area contributed by atoms with Crippen molar-refractivity contribution in [2.45, 2.75) is 46.1 Å². The third-order valence-electron chi connectivity index (χ3n) is 4.69. The van der Waals surface area contributed by atoms with Crippen molar-refractivity contribution in [1.82, 2.24) is 14.7 Å². The number of esters is 1. The highest BCUT2D eigenvalue weighted by atomic mass is 16.5. The Kier molecular flexibility index (Phi) is 5.40. The molecule has 6 heteroatoms. The van der Waals surface area contributed by atoms with Gasteiger partial charge in [0.2, 0.25) is 0 Å². The Bertz CT molecular complexity index is 795. The lowest BCUT2D eigenvalue weighted by molar-refractivity contribution is -0.149. The van der Waals surface area contributed by atoms with Gasteiger partial charge in [0.15, 0.2) is 0 Å². The molecule has 0 saturated carbocycles. The number of ether oxygens (including phenoxy) is 1. The van der Waals surface area contributed by atoms with E-state index in [4.69, 9.17) is 4.74 Å². The van der Waals surface area contributed by atoms with Crippen molar-refractivity contribution in [2.75, 3.05) is 13.2 Å². The molecule has 1 aromatic heterocycles. The molecule has 1 aliphatic rings. The molecule has 1 saturated heterocycles. The Balaban J connectivity index is 1.80. The number of nitrogens with zero attached hydrogens (tertiary/aromatic N) is 3. The van der Waals surface area contributed by atoms with Gasteiger partial charge in [0.05, 0.1) is 18.0 Å². The summed E-state index contributed by atoms with van der Waals surface area (Å²) in [5.41, 5.74) is 3.48. The highest BCUT2D eigenvalue weighted by molar-refractivity contribution is 5.97. The maximum absolute atomic E-state index is 12.9. The minimum Gasteiger partial charge on any atom is -0.464 e. The molecule has 138 valence electrons. The van der Waals surface area contributed by atoms with Gasteiger partial charge in [-0.05, 0) is 70.4 Å². The van der Waals surface area contributed by atoms with E-state index in [0.29, 0.717) is 25.1 Å². The lowest BCUT2D eigenvalue weighted by Crippen LogP contribution is -2.48. The predicted octanol–water partition coefficient (Wildman–Crippen LogP) is 3.05. The normalized spacial score (nSPS) is 17.2. The summed E-state index contributed by atoms with van der Waals surface area (Å²) in [5, 5.41) is 4.46. The Morgan fingerprint density at radius 3 is 2.54 bits per heavy atom. The van der Waals surface area contributed by atoms with Gasteiger partial charge in [-0.1, -0.05) is 0 Å². The Labute approximate surface area is 153 Å². The Morgan fingerprint density at radius 1 is 1.19 bits per heavy atom. The number of rotatable bonds is 4. The molecule has 2 heterocycles. The van der Waals surface area contributed by atoms with E-state index < -0.39 is 6.04 Å². The molecule has 0 N–H and O–H groups in total. The summed E-state index contributed by atoms with van der Waals surface area (Å²) < 4.78 is 7.00. The van der Waals surface area contributed by atoms with E-state index in [-0.39, 0.29) is 11.9 Å². The number of piperidine rings is 1.